The lowest BCUT2D eigenvalue weighted by Crippen LogP contribution is -2.65. The van der Waals surface area contributed by atoms with E-state index in [-0.39, 0.29) is 37.2 Å². The number of ketones is 2. The van der Waals surface area contributed by atoms with Crippen LogP contribution in [0.15, 0.2) is 75.9 Å². The highest BCUT2D eigenvalue weighted by molar-refractivity contribution is 6.24. The largest absolute Gasteiger partial charge is 0.508 e. The Morgan fingerprint density at radius 1 is 1.04 bits per heavy atom. The van der Waals surface area contributed by atoms with Gasteiger partial charge < -0.3 is 35.9 Å². The highest BCUT2D eigenvalue weighted by Gasteiger charge is 2.64. The Kier molecular flexibility index (Phi) is 8.21. The van der Waals surface area contributed by atoms with Crippen molar-refractivity contribution in [2.24, 2.45) is 17.6 Å². The van der Waals surface area contributed by atoms with Crippen molar-refractivity contribution in [1.82, 2.24) is 10.2 Å². The molecule has 0 radical (unpaired) electrons. The van der Waals surface area contributed by atoms with Crippen LogP contribution in [0.1, 0.15) is 36.3 Å². The van der Waals surface area contributed by atoms with Gasteiger partial charge in [-0.1, -0.05) is 37.8 Å². The quantitative estimate of drug-likeness (QED) is 0.216. The summed E-state index contributed by atoms with van der Waals surface area (Å²) in [6.45, 7) is 1.12. The first-order valence-electron chi connectivity index (χ1n) is 14.3. The molecule has 1 saturated carbocycles. The van der Waals surface area contributed by atoms with Gasteiger partial charge in [0.2, 0.25) is 5.78 Å². The van der Waals surface area contributed by atoms with Gasteiger partial charge >= 0.3 is 0 Å². The van der Waals surface area contributed by atoms with Gasteiger partial charge in [0.15, 0.2) is 11.4 Å². The van der Waals surface area contributed by atoms with Gasteiger partial charge in [-0.3, -0.25) is 19.3 Å². The molecular formula is C34H37N3O8. The van der Waals surface area contributed by atoms with E-state index < -0.39 is 58.0 Å². The molecule has 6 rings (SSSR count). The highest BCUT2D eigenvalue weighted by atomic mass is 16.4. The van der Waals surface area contributed by atoms with Gasteiger partial charge in [-0.25, -0.2) is 0 Å². The van der Waals surface area contributed by atoms with Gasteiger partial charge in [0, 0.05) is 23.6 Å². The van der Waals surface area contributed by atoms with Crippen LogP contribution in [0.25, 0.3) is 17.1 Å². The maximum Gasteiger partial charge on any atom is 0.255 e. The average molecular weight is 616 g/mol. The predicted octanol–water partition coefficient (Wildman–Crippen LogP) is 3.15. The second kappa shape index (κ2) is 11.7. The molecule has 0 aliphatic heterocycles. The molecule has 11 heteroatoms. The van der Waals surface area contributed by atoms with Crippen LogP contribution < -0.4 is 11.1 Å². The number of phenolic OH excluding ortho intramolecular Hbond substituents is 1. The van der Waals surface area contributed by atoms with Gasteiger partial charge in [0.1, 0.15) is 34.4 Å². The third-order valence-electron chi connectivity index (χ3n) is 9.00. The summed E-state index contributed by atoms with van der Waals surface area (Å²) in [6, 6.07) is 15.5. The second-order valence-electron chi connectivity index (χ2n) is 11.8. The Morgan fingerprint density at radius 3 is 2.42 bits per heavy atom. The van der Waals surface area contributed by atoms with Crippen molar-refractivity contribution in [3.05, 3.63) is 94.0 Å². The number of carbonyl (C=O) groups is 3. The van der Waals surface area contributed by atoms with Crippen molar-refractivity contribution in [3.63, 3.8) is 0 Å². The molecule has 1 heterocycles. The van der Waals surface area contributed by atoms with E-state index >= 15 is 0 Å². The summed E-state index contributed by atoms with van der Waals surface area (Å²) < 4.78 is 6.14. The molecule has 7 N–H and O–H groups in total. The second-order valence-corrected chi connectivity index (χ2v) is 11.8. The van der Waals surface area contributed by atoms with Crippen molar-refractivity contribution < 1.29 is 39.2 Å². The number of benzene rings is 2. The molecule has 3 aliphatic carbocycles. The highest BCUT2D eigenvalue weighted by Crippen LogP contribution is 2.53. The van der Waals surface area contributed by atoms with E-state index in [2.05, 4.69) is 5.32 Å². The van der Waals surface area contributed by atoms with Crippen molar-refractivity contribution >= 4 is 23.2 Å². The molecule has 0 saturated heterocycles. The van der Waals surface area contributed by atoms with Crippen LogP contribution in [-0.2, 0) is 33.9 Å². The Labute approximate surface area is 260 Å². The molecule has 4 atom stereocenters. The number of aliphatic hydroxyl groups is 3. The van der Waals surface area contributed by atoms with Crippen LogP contribution in [0.5, 0.6) is 5.75 Å². The monoisotopic (exact) mass is 615 g/mol. The minimum absolute atomic E-state index is 0. The molecule has 3 aromatic rings. The summed E-state index contributed by atoms with van der Waals surface area (Å²) in [5.41, 5.74) is 3.94. The van der Waals surface area contributed by atoms with E-state index in [9.17, 15) is 34.8 Å². The fourth-order valence-corrected chi connectivity index (χ4v) is 7.02. The number of hydrogen-bond donors (Lipinski definition) is 6. The molecule has 3 aliphatic rings. The standard InChI is InChI=1S/C33H33N3O8.CH4/c1-36(2)27-21-13-17-12-20-19(23-11-8-18(44-23)15-35-14-16-6-4-3-5-7-16)9-10-22(37)25(20)28(38)24(17)30(40)33(21,43)31(41)26(29(27)39)32(34)42;/h3-11,17,21,27,35,37-38,41,43H,12-15H2,1-2H3,(H2,34,42);1H4/t17-,21-,27?,33-;/m0./s1. The number of aromatic hydroxyl groups is 1. The first-order chi connectivity index (χ1) is 20.9. The predicted molar refractivity (Wildman–Crippen MR) is 166 cm³/mol. The SMILES string of the molecule is C.CN(C)C1C(=O)C(C(N)=O)=C(O)[C@@]2(O)C(=O)C3=C(O)c4c(O)ccc(-c5ccc(CNCc6ccccc6)o5)c4C[C@H]3C[C@@H]12. The third-order valence-corrected chi connectivity index (χ3v) is 9.00. The van der Waals surface area contributed by atoms with E-state index in [4.69, 9.17) is 10.2 Å². The molecule has 236 valence electrons. The molecule has 0 spiro atoms. The third kappa shape index (κ3) is 4.93. The number of nitrogens with one attached hydrogen (secondary N) is 1. The topological polar surface area (TPSA) is 187 Å². The molecule has 0 bridgehead atoms. The maximum atomic E-state index is 14.0. The van der Waals surface area contributed by atoms with E-state index in [1.54, 1.807) is 26.2 Å². The molecule has 1 fully saturated rings. The summed E-state index contributed by atoms with van der Waals surface area (Å²) in [6.07, 6.45) is 0.175. The van der Waals surface area contributed by atoms with E-state index in [1.807, 2.05) is 36.4 Å². The molecule has 11 nitrogen and oxygen atoms in total. The lowest BCUT2D eigenvalue weighted by atomic mass is 9.57. The zero-order valence-corrected chi connectivity index (χ0v) is 24.2. The first kappa shape index (κ1) is 31.7. The van der Waals surface area contributed by atoms with Gasteiger partial charge in [0.05, 0.1) is 18.2 Å². The van der Waals surface area contributed by atoms with Crippen LogP contribution >= 0.6 is 0 Å². The van der Waals surface area contributed by atoms with Gasteiger partial charge in [0.25, 0.3) is 5.91 Å². The number of likely N-dealkylation sites (N-methyl/N-ethyl adjacent to an activating group) is 1. The number of hydrogen-bond acceptors (Lipinski definition) is 10. The van der Waals surface area contributed by atoms with Crippen LogP contribution in [0.2, 0.25) is 0 Å². The zero-order valence-electron chi connectivity index (χ0n) is 24.2. The lowest BCUT2D eigenvalue weighted by Gasteiger charge is -2.50. The maximum absolute atomic E-state index is 14.0. The Morgan fingerprint density at radius 2 is 1.76 bits per heavy atom. The molecule has 45 heavy (non-hydrogen) atoms. The van der Waals surface area contributed by atoms with Gasteiger partial charge in [-0.05, 0) is 68.2 Å². The number of carbonyl (C=O) groups excluding carboxylic acids is 3. The van der Waals surface area contributed by atoms with Crippen LogP contribution in [-0.4, -0.2) is 68.5 Å². The molecule has 1 aromatic heterocycles. The van der Waals surface area contributed by atoms with E-state index in [0.29, 0.717) is 35.7 Å². The van der Waals surface area contributed by atoms with Crippen molar-refractivity contribution in [1.29, 1.82) is 0 Å². The smallest absolute Gasteiger partial charge is 0.255 e. The average Bonchev–Trinajstić information content (AvgIpc) is 3.44. The normalized spacial score (nSPS) is 24.2. The molecule has 1 unspecified atom stereocenters. The molecular weight excluding hydrogens is 578 g/mol. The van der Waals surface area contributed by atoms with Crippen LogP contribution in [0.3, 0.4) is 0 Å². The first-order valence-corrected chi connectivity index (χ1v) is 14.3. The summed E-state index contributed by atoms with van der Waals surface area (Å²) in [5, 5.41) is 48.4. The number of fused-ring (bicyclic) bond motifs is 3. The van der Waals surface area contributed by atoms with Crippen LogP contribution in [0, 0.1) is 11.8 Å². The van der Waals surface area contributed by atoms with Crippen molar-refractivity contribution in [2.75, 3.05) is 14.1 Å². The fourth-order valence-electron chi connectivity index (χ4n) is 7.02. The number of amides is 1. The number of nitrogens with two attached hydrogens (primary N) is 1. The van der Waals surface area contributed by atoms with E-state index in [0.717, 1.165) is 5.56 Å². The zero-order chi connectivity index (χ0) is 31.5. The number of primary amides is 1. The summed E-state index contributed by atoms with van der Waals surface area (Å²) in [5.74, 6) is -5.71. The summed E-state index contributed by atoms with van der Waals surface area (Å²) in [4.78, 5) is 40.9. The summed E-state index contributed by atoms with van der Waals surface area (Å²) in [7, 11) is 3.12. The van der Waals surface area contributed by atoms with Gasteiger partial charge in [-0.15, -0.1) is 0 Å². The Bertz CT molecular complexity index is 1760. The van der Waals surface area contributed by atoms with Gasteiger partial charge in [-0.2, -0.15) is 0 Å². The van der Waals surface area contributed by atoms with E-state index in [1.165, 1.54) is 11.0 Å². The molecule has 2 aromatic carbocycles. The van der Waals surface area contributed by atoms with Crippen LogP contribution in [0.4, 0.5) is 0 Å². The van der Waals surface area contributed by atoms with Crippen molar-refractivity contribution in [3.8, 4) is 17.1 Å². The number of phenols is 1. The number of nitrogens with zero attached hydrogens (tertiary/aromatic N) is 1. The minimum Gasteiger partial charge on any atom is -0.508 e. The van der Waals surface area contributed by atoms with Crippen molar-refractivity contribution in [2.45, 2.75) is 45.0 Å². The Balaban J connectivity index is 0.00000400. The summed E-state index contributed by atoms with van der Waals surface area (Å²) >= 11 is 0. The Hall–Kier alpha value is -4.71. The number of furan rings is 1. The number of aliphatic hydroxyl groups excluding tert-OH is 2. The number of rotatable bonds is 7. The number of Topliss-reactive ketones (excluding diaryl/α,β-unsaturated/α-hetero) is 2. The minimum atomic E-state index is -2.68. The lowest BCUT2D eigenvalue weighted by molar-refractivity contribution is -0.153. The fraction of sp³-hybridized carbons (Fsp3) is 0.324. The molecule has 1 amide bonds.